The maximum Gasteiger partial charge on any atom is 0.442 e. The number of hydrogen-bond donors (Lipinski definition) is 0. The predicted octanol–water partition coefficient (Wildman–Crippen LogP) is 3.89. The Morgan fingerprint density at radius 3 is 2.41 bits per heavy atom. The molecule has 0 fully saturated rings. The van der Waals surface area contributed by atoms with Crippen LogP contribution < -0.4 is 20.0 Å². The molecule has 29 heavy (non-hydrogen) atoms. The molecule has 0 aliphatic rings. The highest BCUT2D eigenvalue weighted by Gasteiger charge is 2.17. The lowest BCUT2D eigenvalue weighted by molar-refractivity contribution is 0.251. The quantitative estimate of drug-likeness (QED) is 0.508. The normalized spacial score (nSPS) is 11.0. The maximum atomic E-state index is 12.7. The van der Waals surface area contributed by atoms with Crippen molar-refractivity contribution in [2.45, 2.75) is 17.2 Å². The number of halogens is 2. The summed E-state index contributed by atoms with van der Waals surface area (Å²) in [7, 11) is 4.42. The minimum absolute atomic E-state index is 0.113. The summed E-state index contributed by atoms with van der Waals surface area (Å²) >= 11 is 0.394. The number of ether oxygens (including phenoxy) is 3. The number of benzene rings is 2. The molecule has 0 unspecified atom stereocenters. The van der Waals surface area contributed by atoms with Crippen molar-refractivity contribution in [3.63, 3.8) is 0 Å². The molecule has 1 aromatic heterocycles. The lowest BCUT2D eigenvalue weighted by Gasteiger charge is -2.12. The summed E-state index contributed by atoms with van der Waals surface area (Å²) in [6.07, 6.45) is 0. The summed E-state index contributed by atoms with van der Waals surface area (Å²) in [4.78, 5) is 12.5. The molecule has 3 aromatic rings. The number of alkyl halides is 2. The monoisotopic (exact) mass is 424 g/mol. The standard InChI is InChI=1S/C19H18F2N2O5S/c1-25-13-6-5-12(9-14(13)26-2)17-22-28-19(24)23(17)10-11-4-7-16(29-18(20)21)15(8-11)27-3/h4-9,18H,10H2,1-3H3. The van der Waals surface area contributed by atoms with E-state index < -0.39 is 11.5 Å². The van der Waals surface area contributed by atoms with Crippen LogP contribution in [0.5, 0.6) is 17.2 Å². The molecule has 0 spiro atoms. The Bertz CT molecular complexity index is 1050. The van der Waals surface area contributed by atoms with Crippen molar-refractivity contribution in [2.75, 3.05) is 21.3 Å². The van der Waals surface area contributed by atoms with Gasteiger partial charge in [-0.2, -0.15) is 8.78 Å². The first-order valence-electron chi connectivity index (χ1n) is 8.37. The Kier molecular flexibility index (Phi) is 6.42. The minimum atomic E-state index is -2.56. The van der Waals surface area contributed by atoms with Crippen LogP contribution in [0.3, 0.4) is 0 Å². The van der Waals surface area contributed by atoms with Gasteiger partial charge in [-0.1, -0.05) is 23.0 Å². The third-order valence-corrected chi connectivity index (χ3v) is 4.88. The smallest absolute Gasteiger partial charge is 0.442 e. The number of methoxy groups -OCH3 is 3. The maximum absolute atomic E-state index is 12.7. The van der Waals surface area contributed by atoms with Crippen molar-refractivity contribution in [3.8, 4) is 28.6 Å². The highest BCUT2D eigenvalue weighted by atomic mass is 32.2. The van der Waals surface area contributed by atoms with Gasteiger partial charge in [0.05, 0.1) is 32.8 Å². The van der Waals surface area contributed by atoms with E-state index in [2.05, 4.69) is 5.16 Å². The summed E-state index contributed by atoms with van der Waals surface area (Å²) in [6.45, 7) is 0.113. The van der Waals surface area contributed by atoms with Gasteiger partial charge in [-0.05, 0) is 35.9 Å². The second-order valence-corrected chi connectivity index (χ2v) is 6.82. The average Bonchev–Trinajstić information content (AvgIpc) is 3.08. The first-order valence-corrected chi connectivity index (χ1v) is 9.25. The first kappa shape index (κ1) is 20.7. The fourth-order valence-corrected chi connectivity index (χ4v) is 3.37. The molecule has 7 nitrogen and oxygen atoms in total. The molecule has 0 bridgehead atoms. The zero-order valence-corrected chi connectivity index (χ0v) is 16.7. The number of rotatable bonds is 8. The van der Waals surface area contributed by atoms with Crippen molar-refractivity contribution in [1.82, 2.24) is 9.72 Å². The molecule has 0 atom stereocenters. The second-order valence-electron chi connectivity index (χ2n) is 5.79. The fourth-order valence-electron chi connectivity index (χ4n) is 2.78. The van der Waals surface area contributed by atoms with Gasteiger partial charge in [-0.25, -0.2) is 4.79 Å². The van der Waals surface area contributed by atoms with Crippen LogP contribution in [-0.4, -0.2) is 36.8 Å². The van der Waals surface area contributed by atoms with Crippen molar-refractivity contribution in [1.29, 1.82) is 0 Å². The van der Waals surface area contributed by atoms with Gasteiger partial charge < -0.3 is 14.2 Å². The van der Waals surface area contributed by atoms with E-state index in [1.807, 2.05) is 0 Å². The van der Waals surface area contributed by atoms with E-state index in [9.17, 15) is 13.6 Å². The Morgan fingerprint density at radius 1 is 1.03 bits per heavy atom. The van der Waals surface area contributed by atoms with Crippen molar-refractivity contribution >= 4 is 11.8 Å². The first-order chi connectivity index (χ1) is 14.0. The van der Waals surface area contributed by atoms with Crippen molar-refractivity contribution in [2.24, 2.45) is 0 Å². The molecule has 154 valence electrons. The van der Waals surface area contributed by atoms with Crippen LogP contribution in [-0.2, 0) is 6.54 Å². The van der Waals surface area contributed by atoms with E-state index in [1.54, 1.807) is 30.3 Å². The van der Waals surface area contributed by atoms with Crippen molar-refractivity contribution in [3.05, 3.63) is 52.5 Å². The minimum Gasteiger partial charge on any atom is -0.496 e. The second kappa shape index (κ2) is 8.99. The lowest BCUT2D eigenvalue weighted by Crippen LogP contribution is -2.16. The van der Waals surface area contributed by atoms with E-state index in [0.29, 0.717) is 50.9 Å². The van der Waals surface area contributed by atoms with Gasteiger partial charge in [-0.15, -0.1) is 0 Å². The molecule has 0 saturated carbocycles. The van der Waals surface area contributed by atoms with Crippen LogP contribution in [0.1, 0.15) is 5.56 Å². The highest BCUT2D eigenvalue weighted by molar-refractivity contribution is 7.99. The average molecular weight is 424 g/mol. The van der Waals surface area contributed by atoms with Crippen LogP contribution >= 0.6 is 11.8 Å². The number of nitrogens with zero attached hydrogens (tertiary/aromatic N) is 2. The molecule has 1 heterocycles. The Hall–Kier alpha value is -3.01. The SMILES string of the molecule is COc1ccc(-c2noc(=O)n2Cc2ccc(SC(F)F)c(OC)c2)cc1OC. The predicted molar refractivity (Wildman–Crippen MR) is 103 cm³/mol. The van der Waals surface area contributed by atoms with E-state index in [0.717, 1.165) is 0 Å². The fraction of sp³-hybridized carbons (Fsp3) is 0.263. The molecular weight excluding hydrogens is 406 g/mol. The van der Waals surface area contributed by atoms with Crippen molar-refractivity contribution < 1.29 is 27.5 Å². The molecule has 0 N–H and O–H groups in total. The summed E-state index contributed by atoms with van der Waals surface area (Å²) in [5.74, 6) is -1.62. The molecule has 0 amide bonds. The van der Waals surface area contributed by atoms with Crippen LogP contribution in [0.2, 0.25) is 0 Å². The third-order valence-electron chi connectivity index (χ3n) is 4.11. The van der Waals surface area contributed by atoms with Crippen LogP contribution in [0.4, 0.5) is 8.78 Å². The van der Waals surface area contributed by atoms with E-state index in [1.165, 1.54) is 32.0 Å². The molecule has 10 heteroatoms. The van der Waals surface area contributed by atoms with Crippen LogP contribution in [0.15, 0.2) is 50.6 Å². The summed E-state index contributed by atoms with van der Waals surface area (Å²) < 4.78 is 47.2. The third kappa shape index (κ3) is 4.53. The molecule has 0 saturated heterocycles. The number of aromatic nitrogens is 2. The molecule has 0 aliphatic carbocycles. The molecule has 0 radical (unpaired) electrons. The summed E-state index contributed by atoms with van der Waals surface area (Å²) in [5, 5.41) is 3.86. The van der Waals surface area contributed by atoms with Gasteiger partial charge in [0.2, 0.25) is 0 Å². The van der Waals surface area contributed by atoms with Gasteiger partial charge >= 0.3 is 5.76 Å². The lowest BCUT2D eigenvalue weighted by atomic mass is 10.1. The summed E-state index contributed by atoms with van der Waals surface area (Å²) in [5.41, 5.74) is 1.25. The van der Waals surface area contributed by atoms with Gasteiger partial charge in [0.1, 0.15) is 5.75 Å². The van der Waals surface area contributed by atoms with Gasteiger partial charge in [-0.3, -0.25) is 9.09 Å². The largest absolute Gasteiger partial charge is 0.496 e. The van der Waals surface area contributed by atoms with Gasteiger partial charge in [0.15, 0.2) is 17.3 Å². The van der Waals surface area contributed by atoms with Gasteiger partial charge in [0, 0.05) is 5.56 Å². The zero-order chi connectivity index (χ0) is 21.0. The Morgan fingerprint density at radius 2 is 1.76 bits per heavy atom. The van der Waals surface area contributed by atoms with Gasteiger partial charge in [0.25, 0.3) is 5.76 Å². The van der Waals surface area contributed by atoms with E-state index in [-0.39, 0.29) is 6.54 Å². The van der Waals surface area contributed by atoms with Crippen LogP contribution in [0.25, 0.3) is 11.4 Å². The van der Waals surface area contributed by atoms with E-state index in [4.69, 9.17) is 18.7 Å². The van der Waals surface area contributed by atoms with E-state index >= 15 is 0 Å². The summed E-state index contributed by atoms with van der Waals surface area (Å²) in [6, 6.07) is 9.86. The molecule has 0 aliphatic heterocycles. The number of hydrogen-bond acceptors (Lipinski definition) is 7. The molecule has 2 aromatic carbocycles. The zero-order valence-electron chi connectivity index (χ0n) is 15.8. The highest BCUT2D eigenvalue weighted by Crippen LogP contribution is 2.35. The number of thioether (sulfide) groups is 1. The molecular formula is C19H18F2N2O5S. The molecule has 3 rings (SSSR count). The Balaban J connectivity index is 1.96. The Labute approximate surface area is 169 Å². The topological polar surface area (TPSA) is 75.7 Å². The van der Waals surface area contributed by atoms with Crippen LogP contribution in [0, 0.1) is 0 Å².